The summed E-state index contributed by atoms with van der Waals surface area (Å²) in [7, 11) is -3.42. The standard InChI is InChI=1S/C21H32N4O4S/c1-3-10-30(28,29)22-19-4-5-20(27)25-13-16-11-17(21(19)25)14-24(12-16)18-6-8-23(9-7-18)15(2)26/h4-5,16-18,22H,3,6-14H2,1-2H3/p+1/t16-,17+/m0/s1. The molecule has 1 unspecified atom stereocenters. The van der Waals surface area contributed by atoms with Gasteiger partial charge in [-0.15, -0.1) is 0 Å². The van der Waals surface area contributed by atoms with Crippen LogP contribution in [0.3, 0.4) is 0 Å². The van der Waals surface area contributed by atoms with E-state index < -0.39 is 10.0 Å². The molecule has 3 aliphatic rings. The van der Waals surface area contributed by atoms with E-state index in [1.54, 1.807) is 22.5 Å². The number of carbonyl (C=O) groups excluding carboxylic acids is 1. The van der Waals surface area contributed by atoms with Crippen LogP contribution in [0.1, 0.15) is 51.1 Å². The Labute approximate surface area is 178 Å². The molecule has 2 saturated heterocycles. The lowest BCUT2D eigenvalue weighted by Crippen LogP contribution is -3.18. The Bertz CT molecular complexity index is 966. The number of aromatic nitrogens is 1. The fourth-order valence-corrected chi connectivity index (χ4v) is 6.82. The lowest BCUT2D eigenvalue weighted by atomic mass is 9.81. The molecule has 1 aromatic heterocycles. The van der Waals surface area contributed by atoms with Crippen LogP contribution in [0.25, 0.3) is 0 Å². The molecular formula is C21H33N4O4S+. The van der Waals surface area contributed by atoms with Crippen molar-refractivity contribution in [3.8, 4) is 0 Å². The van der Waals surface area contributed by atoms with Gasteiger partial charge in [0, 0.05) is 51.4 Å². The third-order valence-electron chi connectivity index (χ3n) is 6.99. The zero-order valence-corrected chi connectivity index (χ0v) is 18.7. The van der Waals surface area contributed by atoms with Crippen LogP contribution < -0.4 is 15.2 Å². The monoisotopic (exact) mass is 437 g/mol. The van der Waals surface area contributed by atoms with E-state index in [-0.39, 0.29) is 23.1 Å². The van der Waals surface area contributed by atoms with Crippen molar-refractivity contribution in [3.05, 3.63) is 28.2 Å². The third-order valence-corrected chi connectivity index (χ3v) is 8.46. The number of quaternary nitrogens is 1. The second kappa shape index (κ2) is 8.34. The number of carbonyl (C=O) groups is 1. The van der Waals surface area contributed by atoms with Crippen LogP contribution in [0.4, 0.5) is 5.69 Å². The molecule has 2 fully saturated rings. The van der Waals surface area contributed by atoms with Crippen molar-refractivity contribution in [2.24, 2.45) is 5.92 Å². The summed E-state index contributed by atoms with van der Waals surface area (Å²) in [5.41, 5.74) is 1.38. The summed E-state index contributed by atoms with van der Waals surface area (Å²) in [6.45, 7) is 7.71. The molecule has 3 atom stereocenters. The quantitative estimate of drug-likeness (QED) is 0.679. The summed E-state index contributed by atoms with van der Waals surface area (Å²) < 4.78 is 29.4. The maximum Gasteiger partial charge on any atom is 0.250 e. The molecule has 0 aromatic carbocycles. The van der Waals surface area contributed by atoms with Crippen molar-refractivity contribution >= 4 is 21.6 Å². The van der Waals surface area contributed by atoms with Crippen LogP contribution in [-0.2, 0) is 21.4 Å². The number of nitrogens with zero attached hydrogens (tertiary/aromatic N) is 2. The predicted octanol–water partition coefficient (Wildman–Crippen LogP) is 0.0129. The van der Waals surface area contributed by atoms with Gasteiger partial charge in [-0.25, -0.2) is 8.42 Å². The number of amides is 1. The summed E-state index contributed by atoms with van der Waals surface area (Å²) in [5, 5.41) is 0. The maximum absolute atomic E-state index is 12.6. The zero-order valence-electron chi connectivity index (χ0n) is 17.9. The van der Waals surface area contributed by atoms with Gasteiger partial charge in [0.25, 0.3) is 5.56 Å². The Morgan fingerprint density at radius 2 is 1.97 bits per heavy atom. The molecular weight excluding hydrogens is 404 g/mol. The highest BCUT2D eigenvalue weighted by Gasteiger charge is 2.42. The molecule has 0 radical (unpaired) electrons. The number of likely N-dealkylation sites (tertiary alicyclic amines) is 2. The van der Waals surface area contributed by atoms with Gasteiger partial charge in [0.15, 0.2) is 0 Å². The lowest BCUT2D eigenvalue weighted by Gasteiger charge is -2.45. The van der Waals surface area contributed by atoms with E-state index in [1.807, 2.05) is 11.8 Å². The van der Waals surface area contributed by atoms with Gasteiger partial charge < -0.3 is 14.4 Å². The molecule has 1 amide bonds. The average Bonchev–Trinajstić information content (AvgIpc) is 2.69. The van der Waals surface area contributed by atoms with Gasteiger partial charge in [0.1, 0.15) is 0 Å². The molecule has 166 valence electrons. The molecule has 4 heterocycles. The Morgan fingerprint density at radius 3 is 2.63 bits per heavy atom. The average molecular weight is 438 g/mol. The minimum Gasteiger partial charge on any atom is -0.342 e. The first-order valence-electron chi connectivity index (χ1n) is 11.1. The highest BCUT2D eigenvalue weighted by atomic mass is 32.2. The number of nitrogens with one attached hydrogen (secondary N) is 2. The number of rotatable bonds is 5. The van der Waals surface area contributed by atoms with E-state index in [9.17, 15) is 18.0 Å². The largest absolute Gasteiger partial charge is 0.342 e. The van der Waals surface area contributed by atoms with E-state index >= 15 is 0 Å². The summed E-state index contributed by atoms with van der Waals surface area (Å²) >= 11 is 0. The molecule has 1 aromatic rings. The fourth-order valence-electron chi connectivity index (χ4n) is 5.68. The second-order valence-electron chi connectivity index (χ2n) is 9.15. The first-order chi connectivity index (χ1) is 14.3. The molecule has 2 bridgehead atoms. The molecule has 8 nitrogen and oxygen atoms in total. The number of sulfonamides is 1. The van der Waals surface area contributed by atoms with Gasteiger partial charge >= 0.3 is 0 Å². The van der Waals surface area contributed by atoms with Crippen molar-refractivity contribution in [3.63, 3.8) is 0 Å². The van der Waals surface area contributed by atoms with Crippen LogP contribution in [0.5, 0.6) is 0 Å². The van der Waals surface area contributed by atoms with E-state index in [0.29, 0.717) is 30.6 Å². The van der Waals surface area contributed by atoms with Gasteiger partial charge in [-0.05, 0) is 18.9 Å². The molecule has 2 N–H and O–H groups in total. The van der Waals surface area contributed by atoms with Gasteiger partial charge in [-0.3, -0.25) is 14.3 Å². The van der Waals surface area contributed by atoms with Gasteiger partial charge in [-0.1, -0.05) is 6.92 Å². The normalized spacial score (nSPS) is 26.9. The summed E-state index contributed by atoms with van der Waals surface area (Å²) in [4.78, 5) is 27.7. The smallest absolute Gasteiger partial charge is 0.250 e. The third kappa shape index (κ3) is 4.27. The second-order valence-corrected chi connectivity index (χ2v) is 11.0. The van der Waals surface area contributed by atoms with E-state index in [0.717, 1.165) is 51.1 Å². The van der Waals surface area contributed by atoms with Crippen molar-refractivity contribution < 1.29 is 18.1 Å². The number of hydrogen-bond donors (Lipinski definition) is 2. The van der Waals surface area contributed by atoms with Crippen molar-refractivity contribution in [1.29, 1.82) is 0 Å². The predicted molar refractivity (Wildman–Crippen MR) is 115 cm³/mol. The SMILES string of the molecule is CCCS(=O)(=O)Nc1ccc(=O)n2c1[C@@H]1C[C@H](C2)C[NH+](C2CCN(C(C)=O)CC2)C1. The molecule has 3 aliphatic heterocycles. The molecule has 4 rings (SSSR count). The Balaban J connectivity index is 1.57. The number of hydrogen-bond acceptors (Lipinski definition) is 4. The maximum atomic E-state index is 12.6. The summed E-state index contributed by atoms with van der Waals surface area (Å²) in [5.74, 6) is 0.824. The van der Waals surface area contributed by atoms with Crippen LogP contribution in [0.15, 0.2) is 16.9 Å². The van der Waals surface area contributed by atoms with E-state index in [4.69, 9.17) is 0 Å². The van der Waals surface area contributed by atoms with Crippen molar-refractivity contribution in [2.45, 2.75) is 58.0 Å². The van der Waals surface area contributed by atoms with Crippen LogP contribution in [-0.4, -0.2) is 61.8 Å². The van der Waals surface area contributed by atoms with E-state index in [1.165, 1.54) is 6.07 Å². The summed E-state index contributed by atoms with van der Waals surface area (Å²) in [6.07, 6.45) is 3.56. The first-order valence-corrected chi connectivity index (χ1v) is 12.8. The summed E-state index contributed by atoms with van der Waals surface area (Å²) in [6, 6.07) is 3.64. The Morgan fingerprint density at radius 1 is 1.23 bits per heavy atom. The van der Waals surface area contributed by atoms with Crippen LogP contribution in [0.2, 0.25) is 0 Å². The van der Waals surface area contributed by atoms with Crippen LogP contribution in [0, 0.1) is 5.92 Å². The van der Waals surface area contributed by atoms with Gasteiger partial charge in [0.05, 0.1) is 42.2 Å². The number of fused-ring (bicyclic) bond motifs is 4. The molecule has 0 saturated carbocycles. The molecule has 30 heavy (non-hydrogen) atoms. The Kier molecular flexibility index (Phi) is 5.94. The highest BCUT2D eigenvalue weighted by Crippen LogP contribution is 2.35. The number of piperidine rings is 2. The number of anilines is 1. The fraction of sp³-hybridized carbons (Fsp3) is 0.714. The first kappa shape index (κ1) is 21.4. The lowest BCUT2D eigenvalue weighted by molar-refractivity contribution is -0.937. The molecule has 0 spiro atoms. The van der Waals surface area contributed by atoms with Gasteiger partial charge in [0.2, 0.25) is 15.9 Å². The van der Waals surface area contributed by atoms with Crippen molar-refractivity contribution in [1.82, 2.24) is 9.47 Å². The zero-order chi connectivity index (χ0) is 21.5. The minimum absolute atomic E-state index is 0.0450. The van der Waals surface area contributed by atoms with Gasteiger partial charge in [-0.2, -0.15) is 0 Å². The highest BCUT2D eigenvalue weighted by molar-refractivity contribution is 7.92. The Hall–Kier alpha value is -1.87. The number of pyridine rings is 1. The molecule has 0 aliphatic carbocycles. The topological polar surface area (TPSA) is 92.9 Å². The molecule has 9 heteroatoms. The minimum atomic E-state index is -3.42. The van der Waals surface area contributed by atoms with E-state index in [2.05, 4.69) is 4.72 Å². The van der Waals surface area contributed by atoms with Crippen molar-refractivity contribution in [2.75, 3.05) is 36.7 Å². The van der Waals surface area contributed by atoms with Crippen LogP contribution >= 0.6 is 0 Å².